The van der Waals surface area contributed by atoms with E-state index in [4.69, 9.17) is 16.3 Å². The molecule has 134 valence electrons. The number of rotatable bonds is 6. The van der Waals surface area contributed by atoms with E-state index in [0.29, 0.717) is 23.8 Å². The minimum atomic E-state index is -0.962. The van der Waals surface area contributed by atoms with Gasteiger partial charge in [-0.05, 0) is 28.7 Å². The lowest BCUT2D eigenvalue weighted by Gasteiger charge is -2.18. The lowest BCUT2D eigenvalue weighted by molar-refractivity contribution is 0.213. The Labute approximate surface area is 158 Å². The second-order valence-electron chi connectivity index (χ2n) is 6.36. The van der Waals surface area contributed by atoms with Crippen molar-refractivity contribution >= 4 is 11.6 Å². The van der Waals surface area contributed by atoms with Crippen molar-refractivity contribution in [2.24, 2.45) is 0 Å². The molecule has 2 aromatic carbocycles. The molecule has 0 saturated heterocycles. The van der Waals surface area contributed by atoms with Crippen LogP contribution in [0.2, 0.25) is 5.15 Å². The predicted octanol–water partition coefficient (Wildman–Crippen LogP) is 4.91. The van der Waals surface area contributed by atoms with E-state index in [9.17, 15) is 5.11 Å². The topological polar surface area (TPSA) is 55.2 Å². The molecule has 0 aliphatic rings. The molecule has 1 N–H and O–H groups in total. The van der Waals surface area contributed by atoms with E-state index in [-0.39, 0.29) is 5.15 Å². The predicted molar refractivity (Wildman–Crippen MR) is 102 cm³/mol. The first-order valence-electron chi connectivity index (χ1n) is 8.51. The average molecular weight is 369 g/mol. The number of nitrogens with zero attached hydrogens (tertiary/aromatic N) is 2. The fraction of sp³-hybridized carbons (Fsp3) is 0.238. The molecule has 0 spiro atoms. The second kappa shape index (κ2) is 8.30. The lowest BCUT2D eigenvalue weighted by atomic mass is 9.97. The van der Waals surface area contributed by atoms with Gasteiger partial charge in [0.2, 0.25) is 0 Å². The summed E-state index contributed by atoms with van der Waals surface area (Å²) >= 11 is 6.07. The first kappa shape index (κ1) is 18.4. The molecule has 0 bridgehead atoms. The molecule has 1 atom stereocenters. The molecule has 0 aliphatic carbocycles. The van der Waals surface area contributed by atoms with Crippen LogP contribution in [0, 0.1) is 0 Å². The molecule has 26 heavy (non-hydrogen) atoms. The van der Waals surface area contributed by atoms with Gasteiger partial charge in [-0.25, -0.2) is 4.98 Å². The van der Waals surface area contributed by atoms with Crippen LogP contribution in [-0.2, 0) is 6.61 Å². The van der Waals surface area contributed by atoms with Crippen molar-refractivity contribution in [3.8, 4) is 5.75 Å². The smallest absolute Gasteiger partial charge is 0.153 e. The van der Waals surface area contributed by atoms with Gasteiger partial charge in [0.05, 0.1) is 0 Å². The Kier molecular flexibility index (Phi) is 5.86. The molecule has 0 aliphatic heterocycles. The van der Waals surface area contributed by atoms with Gasteiger partial charge in [-0.15, -0.1) is 0 Å². The maximum absolute atomic E-state index is 10.7. The molecule has 1 aromatic heterocycles. The van der Waals surface area contributed by atoms with E-state index in [1.165, 1.54) is 12.4 Å². The molecule has 3 aromatic rings. The van der Waals surface area contributed by atoms with E-state index in [0.717, 1.165) is 16.9 Å². The van der Waals surface area contributed by atoms with Crippen molar-refractivity contribution in [1.29, 1.82) is 0 Å². The van der Waals surface area contributed by atoms with Crippen LogP contribution in [0.15, 0.2) is 60.9 Å². The fourth-order valence-electron chi connectivity index (χ4n) is 2.73. The summed E-state index contributed by atoms with van der Waals surface area (Å²) in [6, 6.07) is 15.7. The van der Waals surface area contributed by atoms with Crippen LogP contribution in [0.1, 0.15) is 48.3 Å². The molecule has 1 unspecified atom stereocenters. The van der Waals surface area contributed by atoms with Gasteiger partial charge >= 0.3 is 0 Å². The zero-order chi connectivity index (χ0) is 18.5. The van der Waals surface area contributed by atoms with Crippen LogP contribution in [-0.4, -0.2) is 15.1 Å². The zero-order valence-electron chi connectivity index (χ0n) is 14.8. The summed E-state index contributed by atoms with van der Waals surface area (Å²) in [5.74, 6) is 1.05. The van der Waals surface area contributed by atoms with Gasteiger partial charge < -0.3 is 9.84 Å². The zero-order valence-corrected chi connectivity index (χ0v) is 15.5. The molecule has 0 radical (unpaired) electrons. The summed E-state index contributed by atoms with van der Waals surface area (Å²) in [7, 11) is 0. The Morgan fingerprint density at radius 1 is 1.04 bits per heavy atom. The molecule has 4 nitrogen and oxygen atoms in total. The maximum Gasteiger partial charge on any atom is 0.153 e. The Morgan fingerprint density at radius 2 is 1.77 bits per heavy atom. The third kappa shape index (κ3) is 4.21. The molecule has 0 saturated carbocycles. The Morgan fingerprint density at radius 3 is 2.46 bits per heavy atom. The molecule has 5 heteroatoms. The van der Waals surface area contributed by atoms with Crippen molar-refractivity contribution in [2.75, 3.05) is 0 Å². The maximum atomic E-state index is 10.7. The van der Waals surface area contributed by atoms with Crippen molar-refractivity contribution in [3.05, 3.63) is 88.5 Å². The van der Waals surface area contributed by atoms with Gasteiger partial charge in [0, 0.05) is 12.4 Å². The van der Waals surface area contributed by atoms with Gasteiger partial charge in [0.1, 0.15) is 24.2 Å². The van der Waals surface area contributed by atoms with Crippen LogP contribution in [0.3, 0.4) is 0 Å². The normalized spacial score (nSPS) is 12.2. The number of aromatic nitrogens is 2. The largest absolute Gasteiger partial charge is 0.489 e. The van der Waals surface area contributed by atoms with Gasteiger partial charge in [-0.3, -0.25) is 4.98 Å². The Hall–Kier alpha value is -2.43. The summed E-state index contributed by atoms with van der Waals surface area (Å²) in [5, 5.41) is 10.9. The van der Waals surface area contributed by atoms with Gasteiger partial charge in [0.15, 0.2) is 5.15 Å². The van der Waals surface area contributed by atoms with Crippen molar-refractivity contribution in [2.45, 2.75) is 32.5 Å². The van der Waals surface area contributed by atoms with Gasteiger partial charge in [-0.2, -0.15) is 0 Å². The minimum absolute atomic E-state index is 0.194. The number of benzene rings is 2. The standard InChI is InChI=1S/C21H21ClN2O2/c1-14(2)17-9-8-16(20(25)19-21(22)24-11-10-23-19)12-18(17)26-13-15-6-4-3-5-7-15/h3-12,14,20,25H,13H2,1-2H3. The van der Waals surface area contributed by atoms with E-state index >= 15 is 0 Å². The minimum Gasteiger partial charge on any atom is -0.489 e. The second-order valence-corrected chi connectivity index (χ2v) is 6.72. The molecule has 1 heterocycles. The summed E-state index contributed by atoms with van der Waals surface area (Å²) in [4.78, 5) is 8.13. The lowest BCUT2D eigenvalue weighted by Crippen LogP contribution is -2.06. The summed E-state index contributed by atoms with van der Waals surface area (Å²) < 4.78 is 6.06. The van der Waals surface area contributed by atoms with Crippen molar-refractivity contribution in [3.63, 3.8) is 0 Å². The number of hydrogen-bond donors (Lipinski definition) is 1. The third-order valence-electron chi connectivity index (χ3n) is 4.15. The first-order chi connectivity index (χ1) is 12.6. The van der Waals surface area contributed by atoms with E-state index < -0.39 is 6.10 Å². The number of hydrogen-bond acceptors (Lipinski definition) is 4. The average Bonchev–Trinajstić information content (AvgIpc) is 2.66. The highest BCUT2D eigenvalue weighted by Crippen LogP contribution is 2.33. The summed E-state index contributed by atoms with van der Waals surface area (Å²) in [6.45, 7) is 4.69. The highest BCUT2D eigenvalue weighted by Gasteiger charge is 2.19. The SMILES string of the molecule is CC(C)c1ccc(C(O)c2nccnc2Cl)cc1OCc1ccccc1. The van der Waals surface area contributed by atoms with Crippen LogP contribution in [0.4, 0.5) is 0 Å². The van der Waals surface area contributed by atoms with E-state index in [1.54, 1.807) is 0 Å². The fourth-order valence-corrected chi connectivity index (χ4v) is 2.94. The number of aliphatic hydroxyl groups is 1. The molecule has 3 rings (SSSR count). The summed E-state index contributed by atoms with van der Waals surface area (Å²) in [6.07, 6.45) is 2.05. The van der Waals surface area contributed by atoms with Crippen LogP contribution < -0.4 is 4.74 Å². The highest BCUT2D eigenvalue weighted by molar-refractivity contribution is 6.30. The number of ether oxygens (including phenoxy) is 1. The quantitative estimate of drug-likeness (QED) is 0.671. The van der Waals surface area contributed by atoms with Gasteiger partial charge in [0.25, 0.3) is 0 Å². The van der Waals surface area contributed by atoms with Crippen molar-refractivity contribution in [1.82, 2.24) is 9.97 Å². The molecule has 0 amide bonds. The number of halogens is 1. The summed E-state index contributed by atoms with van der Waals surface area (Å²) in [5.41, 5.74) is 3.17. The molecular formula is C21H21ClN2O2. The molecular weight excluding hydrogens is 348 g/mol. The van der Waals surface area contributed by atoms with E-state index in [2.05, 4.69) is 23.8 Å². The van der Waals surface area contributed by atoms with E-state index in [1.807, 2.05) is 48.5 Å². The van der Waals surface area contributed by atoms with Crippen LogP contribution >= 0.6 is 11.6 Å². The first-order valence-corrected chi connectivity index (χ1v) is 8.89. The molecule has 0 fully saturated rings. The highest BCUT2D eigenvalue weighted by atomic mass is 35.5. The third-order valence-corrected chi connectivity index (χ3v) is 4.44. The monoisotopic (exact) mass is 368 g/mol. The Bertz CT molecular complexity index is 869. The Balaban J connectivity index is 1.89. The van der Waals surface area contributed by atoms with Crippen molar-refractivity contribution < 1.29 is 9.84 Å². The number of aliphatic hydroxyl groups excluding tert-OH is 1. The van der Waals surface area contributed by atoms with Gasteiger partial charge in [-0.1, -0.05) is 67.9 Å². The van der Waals surface area contributed by atoms with Crippen LogP contribution in [0.5, 0.6) is 5.75 Å². The van der Waals surface area contributed by atoms with Crippen LogP contribution in [0.25, 0.3) is 0 Å².